The Labute approximate surface area is 108 Å². The molecule has 14 heavy (non-hydrogen) atoms. The molecule has 82 valence electrons. The van der Waals surface area contributed by atoms with Crippen LogP contribution in [0, 0.1) is 0 Å². The van der Waals surface area contributed by atoms with E-state index in [0.717, 1.165) is 6.42 Å². The Hall–Kier alpha value is 0.830. The normalized spacial score (nSPS) is 15.7. The van der Waals surface area contributed by atoms with Gasteiger partial charge in [0.2, 0.25) is 5.44 Å². The van der Waals surface area contributed by atoms with Crippen LogP contribution in [0.4, 0.5) is 0 Å². The summed E-state index contributed by atoms with van der Waals surface area (Å²) in [4.78, 5) is 0. The van der Waals surface area contributed by atoms with E-state index in [4.69, 9.17) is 14.4 Å². The first-order chi connectivity index (χ1) is 5.89. The summed E-state index contributed by atoms with van der Waals surface area (Å²) in [5, 5.41) is 8.98. The van der Waals surface area contributed by atoms with Gasteiger partial charge in [-0.25, -0.2) is 0 Å². The van der Waals surface area contributed by atoms with Gasteiger partial charge in [0, 0.05) is 6.61 Å². The SMILES string of the molecule is CCCCOC(C(C)O)S(=O)(=O)O.[H-].[Na+]. The van der Waals surface area contributed by atoms with E-state index in [-0.39, 0.29) is 37.6 Å². The molecule has 2 unspecified atom stereocenters. The van der Waals surface area contributed by atoms with E-state index in [0.29, 0.717) is 6.42 Å². The predicted molar refractivity (Wildman–Crippen MR) is 49.0 cm³/mol. The van der Waals surface area contributed by atoms with E-state index in [9.17, 15) is 8.42 Å². The van der Waals surface area contributed by atoms with Crippen molar-refractivity contribution in [2.24, 2.45) is 0 Å². The summed E-state index contributed by atoms with van der Waals surface area (Å²) >= 11 is 0. The van der Waals surface area contributed by atoms with Crippen molar-refractivity contribution in [1.29, 1.82) is 0 Å². The fourth-order valence-corrected chi connectivity index (χ4v) is 1.58. The molecule has 0 aliphatic carbocycles. The smallest absolute Gasteiger partial charge is 1.00 e. The fourth-order valence-electron chi connectivity index (χ4n) is 0.818. The largest absolute Gasteiger partial charge is 1.00 e. The van der Waals surface area contributed by atoms with Crippen LogP contribution in [-0.4, -0.2) is 36.2 Å². The van der Waals surface area contributed by atoms with Gasteiger partial charge in [-0.3, -0.25) is 4.55 Å². The number of ether oxygens (including phenoxy) is 1. The molecule has 2 atom stereocenters. The van der Waals surface area contributed by atoms with Gasteiger partial charge in [0.15, 0.2) is 0 Å². The van der Waals surface area contributed by atoms with Crippen molar-refractivity contribution in [3.05, 3.63) is 0 Å². The molecule has 0 bridgehead atoms. The Kier molecular flexibility index (Phi) is 9.89. The zero-order chi connectivity index (χ0) is 10.5. The van der Waals surface area contributed by atoms with Crippen molar-refractivity contribution in [1.82, 2.24) is 0 Å². The maximum atomic E-state index is 10.6. The van der Waals surface area contributed by atoms with E-state index in [1.54, 1.807) is 0 Å². The van der Waals surface area contributed by atoms with E-state index < -0.39 is 21.7 Å². The maximum absolute atomic E-state index is 10.6. The molecule has 2 N–H and O–H groups in total. The van der Waals surface area contributed by atoms with Crippen LogP contribution in [0.1, 0.15) is 28.1 Å². The molecule has 5 nitrogen and oxygen atoms in total. The van der Waals surface area contributed by atoms with Crippen LogP contribution >= 0.6 is 0 Å². The second-order valence-electron chi connectivity index (χ2n) is 2.85. The van der Waals surface area contributed by atoms with Crippen LogP contribution in [0.3, 0.4) is 0 Å². The van der Waals surface area contributed by atoms with Gasteiger partial charge in [0.05, 0.1) is 6.10 Å². The molecule has 0 aliphatic heterocycles. The molecule has 0 aromatic carbocycles. The Morgan fingerprint density at radius 1 is 1.50 bits per heavy atom. The third-order valence-corrected chi connectivity index (χ3v) is 2.58. The van der Waals surface area contributed by atoms with E-state index >= 15 is 0 Å². The quantitative estimate of drug-likeness (QED) is 0.303. The molecule has 0 saturated heterocycles. The number of aliphatic hydroxyl groups is 1. The van der Waals surface area contributed by atoms with E-state index in [2.05, 4.69) is 0 Å². The van der Waals surface area contributed by atoms with Crippen molar-refractivity contribution in [3.8, 4) is 0 Å². The molecular formula is C7H17NaO5S. The van der Waals surface area contributed by atoms with Crippen molar-refractivity contribution >= 4 is 10.1 Å². The minimum absolute atomic E-state index is 0. The summed E-state index contributed by atoms with van der Waals surface area (Å²) < 4.78 is 34.7. The summed E-state index contributed by atoms with van der Waals surface area (Å²) in [5.41, 5.74) is -1.53. The number of aliphatic hydroxyl groups excluding tert-OH is 1. The molecule has 0 aromatic heterocycles. The van der Waals surface area contributed by atoms with Crippen LogP contribution in [0.5, 0.6) is 0 Å². The number of unbranched alkanes of at least 4 members (excludes halogenated alkanes) is 1. The van der Waals surface area contributed by atoms with Gasteiger partial charge in [0.1, 0.15) is 0 Å². The fraction of sp³-hybridized carbons (Fsp3) is 1.00. The van der Waals surface area contributed by atoms with Gasteiger partial charge in [0.25, 0.3) is 10.1 Å². The van der Waals surface area contributed by atoms with Gasteiger partial charge in [-0.15, -0.1) is 0 Å². The van der Waals surface area contributed by atoms with Gasteiger partial charge >= 0.3 is 29.6 Å². The standard InChI is InChI=1S/C7H16O5S.Na.H/c1-3-4-5-12-7(6(2)8)13(9,10)11;;/h6-8H,3-5H2,1-2H3,(H,9,10,11);;/q;+1;-1. The minimum Gasteiger partial charge on any atom is -1.00 e. The second-order valence-corrected chi connectivity index (χ2v) is 4.34. The summed E-state index contributed by atoms with van der Waals surface area (Å²) in [6, 6.07) is 0. The molecule has 0 heterocycles. The molecular weight excluding hydrogens is 219 g/mol. The van der Waals surface area contributed by atoms with Crippen molar-refractivity contribution < 1.29 is 53.8 Å². The predicted octanol–water partition coefficient (Wildman–Crippen LogP) is -2.49. The Morgan fingerprint density at radius 3 is 2.29 bits per heavy atom. The van der Waals surface area contributed by atoms with Crippen LogP contribution in [0.2, 0.25) is 0 Å². The summed E-state index contributed by atoms with van der Waals surface area (Å²) in [7, 11) is -4.32. The Bertz CT molecular complexity index is 232. The molecule has 0 radical (unpaired) electrons. The maximum Gasteiger partial charge on any atom is 1.00 e. The monoisotopic (exact) mass is 236 g/mol. The first kappa shape index (κ1) is 17.2. The van der Waals surface area contributed by atoms with Crippen LogP contribution in [0.15, 0.2) is 0 Å². The molecule has 0 aromatic rings. The van der Waals surface area contributed by atoms with Gasteiger partial charge < -0.3 is 11.3 Å². The molecule has 0 spiro atoms. The van der Waals surface area contributed by atoms with Gasteiger partial charge in [-0.2, -0.15) is 8.42 Å². The van der Waals surface area contributed by atoms with E-state index in [1.165, 1.54) is 6.92 Å². The number of rotatable bonds is 6. The third kappa shape index (κ3) is 7.17. The second kappa shape index (κ2) is 8.04. The number of hydrogen-bond donors (Lipinski definition) is 2. The molecule has 0 amide bonds. The zero-order valence-corrected chi connectivity index (χ0v) is 11.6. The van der Waals surface area contributed by atoms with E-state index in [1.807, 2.05) is 6.92 Å². The number of hydrogen-bond acceptors (Lipinski definition) is 4. The molecule has 7 heteroatoms. The van der Waals surface area contributed by atoms with Crippen LogP contribution < -0.4 is 29.6 Å². The molecule has 0 rings (SSSR count). The van der Waals surface area contributed by atoms with Crippen LogP contribution in [-0.2, 0) is 14.9 Å². The van der Waals surface area contributed by atoms with Crippen LogP contribution in [0.25, 0.3) is 0 Å². The molecule has 0 saturated carbocycles. The molecule has 0 aliphatic rings. The molecule has 0 fully saturated rings. The van der Waals surface area contributed by atoms with Crippen molar-refractivity contribution in [2.45, 2.75) is 38.2 Å². The minimum atomic E-state index is -4.32. The Morgan fingerprint density at radius 2 is 2.00 bits per heavy atom. The topological polar surface area (TPSA) is 83.8 Å². The summed E-state index contributed by atoms with van der Waals surface area (Å²) in [6.07, 6.45) is 0.323. The zero-order valence-electron chi connectivity index (χ0n) is 9.80. The van der Waals surface area contributed by atoms with Gasteiger partial charge in [-0.05, 0) is 13.3 Å². The summed E-state index contributed by atoms with van der Waals surface area (Å²) in [5.74, 6) is 0. The summed E-state index contributed by atoms with van der Waals surface area (Å²) in [6.45, 7) is 3.39. The van der Waals surface area contributed by atoms with Crippen molar-refractivity contribution in [2.75, 3.05) is 6.61 Å². The van der Waals surface area contributed by atoms with Crippen molar-refractivity contribution in [3.63, 3.8) is 0 Å². The average molecular weight is 236 g/mol. The third-order valence-electron chi connectivity index (χ3n) is 1.47. The first-order valence-electron chi connectivity index (χ1n) is 4.15. The Balaban J connectivity index is -0.000000720. The average Bonchev–Trinajstić information content (AvgIpc) is 1.94. The first-order valence-corrected chi connectivity index (χ1v) is 5.66. The van der Waals surface area contributed by atoms with Gasteiger partial charge in [-0.1, -0.05) is 13.3 Å².